The van der Waals surface area contributed by atoms with Crippen molar-refractivity contribution < 1.29 is 19.4 Å². The summed E-state index contributed by atoms with van der Waals surface area (Å²) in [6, 6.07) is 0. The van der Waals surface area contributed by atoms with E-state index in [4.69, 9.17) is 9.84 Å². The first-order valence-electron chi connectivity index (χ1n) is 7.14. The van der Waals surface area contributed by atoms with Crippen LogP contribution in [0, 0.1) is 5.92 Å². The summed E-state index contributed by atoms with van der Waals surface area (Å²) in [5, 5.41) is 9.06. The molecule has 1 rings (SSSR count). The Morgan fingerprint density at radius 3 is 2.37 bits per heavy atom. The molecule has 0 aliphatic heterocycles. The Kier molecular flexibility index (Phi) is 6.60. The van der Waals surface area contributed by atoms with E-state index in [9.17, 15) is 9.59 Å². The Bertz CT molecular complexity index is 355. The molecular weight excluding hydrogens is 244 g/mol. The smallest absolute Gasteiger partial charge is 0.334 e. The van der Waals surface area contributed by atoms with Crippen LogP contribution in [0.2, 0.25) is 0 Å². The molecule has 0 aromatic heterocycles. The Morgan fingerprint density at radius 2 is 1.79 bits per heavy atom. The van der Waals surface area contributed by atoms with Crippen LogP contribution in [-0.4, -0.2) is 23.7 Å². The number of carbonyl (C=O) groups excluding carboxylic acids is 1. The van der Waals surface area contributed by atoms with E-state index in [0.717, 1.165) is 32.1 Å². The van der Waals surface area contributed by atoms with Gasteiger partial charge in [0, 0.05) is 11.1 Å². The van der Waals surface area contributed by atoms with E-state index in [1.807, 2.05) is 0 Å². The van der Waals surface area contributed by atoms with Crippen molar-refractivity contribution in [3.63, 3.8) is 0 Å². The van der Waals surface area contributed by atoms with Crippen molar-refractivity contribution >= 4 is 11.9 Å². The van der Waals surface area contributed by atoms with Crippen molar-refractivity contribution in [2.24, 2.45) is 5.92 Å². The predicted molar refractivity (Wildman–Crippen MR) is 72.8 cm³/mol. The number of hydrogen-bond acceptors (Lipinski definition) is 3. The molecular formula is C15H24O4. The molecule has 19 heavy (non-hydrogen) atoms. The van der Waals surface area contributed by atoms with E-state index in [1.165, 1.54) is 0 Å². The molecule has 108 valence electrons. The Balaban J connectivity index is 2.41. The number of carboxylic acids is 1. The maximum atomic E-state index is 11.9. The molecule has 0 spiro atoms. The predicted octanol–water partition coefficient (Wildman–Crippen LogP) is 3.31. The number of aliphatic carboxylic acids is 1. The van der Waals surface area contributed by atoms with Gasteiger partial charge in [0.15, 0.2) is 0 Å². The van der Waals surface area contributed by atoms with Gasteiger partial charge in [-0.15, -0.1) is 0 Å². The van der Waals surface area contributed by atoms with Gasteiger partial charge in [0.1, 0.15) is 0 Å². The summed E-state index contributed by atoms with van der Waals surface area (Å²) in [5.74, 6) is -0.747. The van der Waals surface area contributed by atoms with Gasteiger partial charge in [0.2, 0.25) is 0 Å². The Hall–Kier alpha value is -1.32. The van der Waals surface area contributed by atoms with E-state index < -0.39 is 11.9 Å². The van der Waals surface area contributed by atoms with E-state index >= 15 is 0 Å². The molecule has 1 aliphatic carbocycles. The highest BCUT2D eigenvalue weighted by Gasteiger charge is 2.24. The van der Waals surface area contributed by atoms with Crippen LogP contribution in [0.3, 0.4) is 0 Å². The van der Waals surface area contributed by atoms with E-state index in [-0.39, 0.29) is 5.57 Å². The van der Waals surface area contributed by atoms with Crippen LogP contribution in [0.4, 0.5) is 0 Å². The highest BCUT2D eigenvalue weighted by molar-refractivity contribution is 5.99. The lowest BCUT2D eigenvalue weighted by Crippen LogP contribution is -2.18. The minimum Gasteiger partial charge on any atom is -0.478 e. The zero-order valence-electron chi connectivity index (χ0n) is 11.9. The molecule has 0 atom stereocenters. The monoisotopic (exact) mass is 268 g/mol. The second-order valence-corrected chi connectivity index (χ2v) is 5.49. The van der Waals surface area contributed by atoms with E-state index in [2.05, 4.69) is 13.8 Å². The highest BCUT2D eigenvalue weighted by Crippen LogP contribution is 2.25. The van der Waals surface area contributed by atoms with Crippen LogP contribution in [0.1, 0.15) is 58.8 Å². The van der Waals surface area contributed by atoms with Gasteiger partial charge in [0.05, 0.1) is 6.61 Å². The molecule has 0 unspecified atom stereocenters. The molecule has 0 heterocycles. The van der Waals surface area contributed by atoms with Gasteiger partial charge in [0.25, 0.3) is 0 Å². The third kappa shape index (κ3) is 5.45. The minimum atomic E-state index is -0.980. The largest absolute Gasteiger partial charge is 0.478 e. The maximum absolute atomic E-state index is 11.9. The summed E-state index contributed by atoms with van der Waals surface area (Å²) in [4.78, 5) is 22.9. The quantitative estimate of drug-likeness (QED) is 0.568. The second-order valence-electron chi connectivity index (χ2n) is 5.49. The van der Waals surface area contributed by atoms with E-state index in [1.54, 1.807) is 0 Å². The van der Waals surface area contributed by atoms with Crippen LogP contribution in [0.15, 0.2) is 11.1 Å². The fraction of sp³-hybridized carbons (Fsp3) is 0.733. The Labute approximate surface area is 114 Å². The molecule has 0 aromatic carbocycles. The number of esters is 1. The van der Waals surface area contributed by atoms with Crippen LogP contribution < -0.4 is 0 Å². The summed E-state index contributed by atoms with van der Waals surface area (Å²) in [6.45, 7) is 4.72. The SMILES string of the molecule is CC(C)CCCCOC(=O)C1=C(C(=O)O)CCCC1. The lowest BCUT2D eigenvalue weighted by Gasteiger charge is -2.16. The van der Waals surface area contributed by atoms with Crippen LogP contribution >= 0.6 is 0 Å². The maximum Gasteiger partial charge on any atom is 0.334 e. The van der Waals surface area contributed by atoms with Crippen LogP contribution in [0.25, 0.3) is 0 Å². The third-order valence-corrected chi connectivity index (χ3v) is 3.38. The minimum absolute atomic E-state index is 0.249. The number of carboxylic acid groups (broad SMARTS) is 1. The number of hydrogen-bond donors (Lipinski definition) is 1. The van der Waals surface area contributed by atoms with Crippen molar-refractivity contribution in [1.29, 1.82) is 0 Å². The van der Waals surface area contributed by atoms with Gasteiger partial charge in [-0.05, 0) is 44.4 Å². The fourth-order valence-electron chi connectivity index (χ4n) is 2.27. The summed E-state index contributed by atoms with van der Waals surface area (Å²) >= 11 is 0. The summed E-state index contributed by atoms with van der Waals surface area (Å²) in [5.41, 5.74) is 0.626. The first kappa shape index (κ1) is 15.7. The number of unbranched alkanes of at least 4 members (excludes halogenated alkanes) is 1. The lowest BCUT2D eigenvalue weighted by atomic mass is 9.92. The van der Waals surface area contributed by atoms with Gasteiger partial charge in [-0.2, -0.15) is 0 Å². The molecule has 4 heteroatoms. The lowest BCUT2D eigenvalue weighted by molar-refractivity contribution is -0.141. The van der Waals surface area contributed by atoms with Gasteiger partial charge in [-0.25, -0.2) is 9.59 Å². The number of carbonyl (C=O) groups is 2. The molecule has 4 nitrogen and oxygen atoms in total. The first-order chi connectivity index (χ1) is 9.02. The number of ether oxygens (including phenoxy) is 1. The molecule has 0 amide bonds. The van der Waals surface area contributed by atoms with Crippen molar-refractivity contribution in [2.75, 3.05) is 6.61 Å². The van der Waals surface area contributed by atoms with Gasteiger partial charge in [-0.3, -0.25) is 0 Å². The number of rotatable bonds is 7. The zero-order valence-corrected chi connectivity index (χ0v) is 11.9. The molecule has 0 aromatic rings. The molecule has 1 N–H and O–H groups in total. The standard InChI is InChI=1S/C15H24O4/c1-11(2)7-5-6-10-19-15(18)13-9-4-3-8-12(13)14(16)17/h11H,3-10H2,1-2H3,(H,16,17). The zero-order chi connectivity index (χ0) is 14.3. The molecule has 0 radical (unpaired) electrons. The van der Waals surface area contributed by atoms with E-state index in [0.29, 0.717) is 30.9 Å². The van der Waals surface area contributed by atoms with Gasteiger partial charge >= 0.3 is 11.9 Å². The average molecular weight is 268 g/mol. The normalized spacial score (nSPS) is 15.7. The molecule has 0 fully saturated rings. The molecule has 0 bridgehead atoms. The third-order valence-electron chi connectivity index (χ3n) is 3.38. The average Bonchev–Trinajstić information content (AvgIpc) is 2.37. The Morgan fingerprint density at radius 1 is 1.16 bits per heavy atom. The van der Waals surface area contributed by atoms with Crippen molar-refractivity contribution in [3.8, 4) is 0 Å². The molecule has 0 saturated heterocycles. The second kappa shape index (κ2) is 7.97. The molecule has 0 saturated carbocycles. The summed E-state index contributed by atoms with van der Waals surface area (Å²) < 4.78 is 5.18. The van der Waals surface area contributed by atoms with Crippen molar-refractivity contribution in [1.82, 2.24) is 0 Å². The molecule has 1 aliphatic rings. The van der Waals surface area contributed by atoms with Crippen molar-refractivity contribution in [3.05, 3.63) is 11.1 Å². The van der Waals surface area contributed by atoms with Crippen LogP contribution in [0.5, 0.6) is 0 Å². The fourth-order valence-corrected chi connectivity index (χ4v) is 2.27. The highest BCUT2D eigenvalue weighted by atomic mass is 16.5. The summed E-state index contributed by atoms with van der Waals surface area (Å²) in [6.07, 6.45) is 5.73. The first-order valence-corrected chi connectivity index (χ1v) is 7.14. The van der Waals surface area contributed by atoms with Gasteiger partial charge in [-0.1, -0.05) is 20.3 Å². The topological polar surface area (TPSA) is 63.6 Å². The van der Waals surface area contributed by atoms with Crippen molar-refractivity contribution in [2.45, 2.75) is 58.8 Å². The van der Waals surface area contributed by atoms with Gasteiger partial charge < -0.3 is 9.84 Å². The van der Waals surface area contributed by atoms with Crippen LogP contribution in [-0.2, 0) is 14.3 Å². The summed E-state index contributed by atoms with van der Waals surface area (Å²) in [7, 11) is 0.